The zero-order chi connectivity index (χ0) is 11.5. The number of hydrogen-bond acceptors (Lipinski definition) is 5. The largest absolute Gasteiger partial charge is 0.468 e. The van der Waals surface area contributed by atoms with E-state index in [1.54, 1.807) is 0 Å². The van der Waals surface area contributed by atoms with Crippen LogP contribution in [-0.2, 0) is 23.8 Å². The predicted octanol–water partition coefficient (Wildman–Crippen LogP) is 0.543. The van der Waals surface area contributed by atoms with E-state index in [-0.39, 0.29) is 0 Å². The summed E-state index contributed by atoms with van der Waals surface area (Å²) in [7, 11) is 2.52. The SMILES string of the molecule is COC(=O)C1(C(=O)OC)CCO[C@H]1CI. The Morgan fingerprint density at radius 3 is 2.33 bits per heavy atom. The van der Waals surface area contributed by atoms with Crippen molar-refractivity contribution in [3.8, 4) is 0 Å². The van der Waals surface area contributed by atoms with Crippen LogP contribution >= 0.6 is 22.6 Å². The minimum absolute atomic E-state index is 0.319. The number of halogens is 1. The first-order chi connectivity index (χ1) is 7.13. The van der Waals surface area contributed by atoms with Crippen molar-refractivity contribution in [3.63, 3.8) is 0 Å². The molecule has 1 saturated heterocycles. The van der Waals surface area contributed by atoms with Gasteiger partial charge in [0.15, 0.2) is 5.41 Å². The van der Waals surface area contributed by atoms with Gasteiger partial charge in [-0.15, -0.1) is 0 Å². The summed E-state index contributed by atoms with van der Waals surface area (Å²) < 4.78 is 15.2. The Balaban J connectivity index is 3.05. The van der Waals surface area contributed by atoms with Crippen molar-refractivity contribution in [2.45, 2.75) is 12.5 Å². The molecule has 0 aliphatic carbocycles. The molecule has 0 bridgehead atoms. The van der Waals surface area contributed by atoms with Crippen LogP contribution < -0.4 is 0 Å². The Morgan fingerprint density at radius 1 is 1.40 bits per heavy atom. The van der Waals surface area contributed by atoms with Gasteiger partial charge in [-0.2, -0.15) is 0 Å². The molecule has 0 spiro atoms. The summed E-state index contributed by atoms with van der Waals surface area (Å²) in [5.74, 6) is -1.15. The standard InChI is InChI=1S/C9H13IO5/c1-13-7(11)9(8(12)14-2)3-4-15-6(9)5-10/h6H,3-5H2,1-2H3/t6-/m0/s1. The lowest BCUT2D eigenvalue weighted by Gasteiger charge is -2.26. The van der Waals surface area contributed by atoms with Crippen LogP contribution in [0.5, 0.6) is 0 Å². The molecule has 0 aromatic carbocycles. The zero-order valence-corrected chi connectivity index (χ0v) is 10.8. The van der Waals surface area contributed by atoms with Gasteiger partial charge in [-0.05, 0) is 0 Å². The normalized spacial score (nSPS) is 23.5. The number of hydrogen-bond donors (Lipinski definition) is 0. The monoisotopic (exact) mass is 328 g/mol. The van der Waals surface area contributed by atoms with Crippen LogP contribution in [0.15, 0.2) is 0 Å². The molecule has 0 N–H and O–H groups in total. The van der Waals surface area contributed by atoms with Crippen molar-refractivity contribution in [3.05, 3.63) is 0 Å². The van der Waals surface area contributed by atoms with Crippen molar-refractivity contribution in [1.29, 1.82) is 0 Å². The van der Waals surface area contributed by atoms with Crippen molar-refractivity contribution in [1.82, 2.24) is 0 Å². The van der Waals surface area contributed by atoms with Crippen LogP contribution in [0, 0.1) is 5.41 Å². The maximum Gasteiger partial charge on any atom is 0.326 e. The van der Waals surface area contributed by atoms with E-state index in [1.165, 1.54) is 14.2 Å². The van der Waals surface area contributed by atoms with Gasteiger partial charge < -0.3 is 14.2 Å². The lowest BCUT2D eigenvalue weighted by atomic mass is 9.81. The van der Waals surface area contributed by atoms with Crippen molar-refractivity contribution in [2.24, 2.45) is 5.41 Å². The van der Waals surface area contributed by atoms with Gasteiger partial charge in [-0.1, -0.05) is 22.6 Å². The highest BCUT2D eigenvalue weighted by atomic mass is 127. The van der Waals surface area contributed by atoms with Crippen LogP contribution in [-0.4, -0.2) is 43.3 Å². The molecule has 5 nitrogen and oxygen atoms in total. The molecule has 1 aliphatic heterocycles. The van der Waals surface area contributed by atoms with Crippen molar-refractivity contribution >= 4 is 34.5 Å². The number of methoxy groups -OCH3 is 2. The summed E-state index contributed by atoms with van der Waals surface area (Å²) in [6, 6.07) is 0. The van der Waals surface area contributed by atoms with Gasteiger partial charge in [0, 0.05) is 17.5 Å². The first kappa shape index (κ1) is 12.7. The molecule has 15 heavy (non-hydrogen) atoms. The highest BCUT2D eigenvalue weighted by Gasteiger charge is 2.58. The summed E-state index contributed by atoms with van der Waals surface area (Å²) in [6.07, 6.45) is -0.141. The number of carbonyl (C=O) groups is 2. The highest BCUT2D eigenvalue weighted by Crippen LogP contribution is 2.38. The Morgan fingerprint density at radius 2 is 1.93 bits per heavy atom. The van der Waals surface area contributed by atoms with E-state index >= 15 is 0 Å². The molecular formula is C9H13IO5. The molecule has 1 aliphatic rings. The van der Waals surface area contributed by atoms with Crippen LogP contribution in [0.1, 0.15) is 6.42 Å². The van der Waals surface area contributed by atoms with Gasteiger partial charge >= 0.3 is 11.9 Å². The fourth-order valence-electron chi connectivity index (χ4n) is 1.76. The number of rotatable bonds is 3. The van der Waals surface area contributed by atoms with Gasteiger partial charge in [-0.3, -0.25) is 9.59 Å². The molecule has 1 rings (SSSR count). The third-order valence-electron chi connectivity index (χ3n) is 2.60. The van der Waals surface area contributed by atoms with Gasteiger partial charge in [0.2, 0.25) is 0 Å². The first-order valence-corrected chi connectivity index (χ1v) is 6.00. The third kappa shape index (κ3) is 1.96. The molecule has 1 fully saturated rings. The van der Waals surface area contributed by atoms with Crippen molar-refractivity contribution < 1.29 is 23.8 Å². The lowest BCUT2D eigenvalue weighted by Crippen LogP contribution is -2.48. The summed E-state index contributed by atoms with van der Waals surface area (Å²) in [5, 5.41) is 0. The minimum Gasteiger partial charge on any atom is -0.468 e. The molecule has 6 heteroatoms. The van der Waals surface area contributed by atoms with Crippen molar-refractivity contribution in [2.75, 3.05) is 25.3 Å². The minimum atomic E-state index is -1.27. The zero-order valence-electron chi connectivity index (χ0n) is 8.62. The third-order valence-corrected chi connectivity index (χ3v) is 3.40. The molecule has 0 radical (unpaired) electrons. The van der Waals surface area contributed by atoms with E-state index in [9.17, 15) is 9.59 Å². The van der Waals surface area contributed by atoms with E-state index in [2.05, 4.69) is 32.1 Å². The van der Waals surface area contributed by atoms with E-state index in [1.807, 2.05) is 0 Å². The van der Waals surface area contributed by atoms with Crippen LogP contribution in [0.25, 0.3) is 0 Å². The molecule has 86 valence electrons. The Bertz CT molecular complexity index is 249. The van der Waals surface area contributed by atoms with Gasteiger partial charge in [0.05, 0.1) is 20.3 Å². The molecule has 0 saturated carbocycles. The van der Waals surface area contributed by atoms with E-state index < -0.39 is 23.5 Å². The van der Waals surface area contributed by atoms with Crippen LogP contribution in [0.2, 0.25) is 0 Å². The molecule has 0 amide bonds. The Hall–Kier alpha value is -0.370. The number of esters is 2. The second-order valence-corrected chi connectivity index (χ2v) is 4.10. The molecule has 1 heterocycles. The topological polar surface area (TPSA) is 61.8 Å². The fourth-order valence-corrected chi connectivity index (χ4v) is 2.76. The second-order valence-electron chi connectivity index (χ2n) is 3.22. The van der Waals surface area contributed by atoms with Gasteiger partial charge in [0.25, 0.3) is 0 Å². The van der Waals surface area contributed by atoms with Gasteiger partial charge in [-0.25, -0.2) is 0 Å². The smallest absolute Gasteiger partial charge is 0.326 e. The molecule has 0 aromatic rings. The average Bonchev–Trinajstić information content (AvgIpc) is 2.71. The van der Waals surface area contributed by atoms with E-state index in [4.69, 9.17) is 4.74 Å². The molecule has 1 atom stereocenters. The Labute approximate surface area is 102 Å². The number of ether oxygens (including phenoxy) is 3. The maximum atomic E-state index is 11.7. The molecular weight excluding hydrogens is 315 g/mol. The first-order valence-electron chi connectivity index (χ1n) is 4.48. The quantitative estimate of drug-likeness (QED) is 0.328. The number of alkyl halides is 1. The maximum absolute atomic E-state index is 11.7. The summed E-state index contributed by atoms with van der Waals surface area (Å²) in [5.41, 5.74) is -1.27. The number of carbonyl (C=O) groups excluding carboxylic acids is 2. The second kappa shape index (κ2) is 5.11. The van der Waals surface area contributed by atoms with Crippen LogP contribution in [0.4, 0.5) is 0 Å². The predicted molar refractivity (Wildman–Crippen MR) is 59.7 cm³/mol. The van der Waals surface area contributed by atoms with Gasteiger partial charge in [0.1, 0.15) is 0 Å². The Kier molecular flexibility index (Phi) is 4.32. The summed E-state index contributed by atoms with van der Waals surface area (Å²) in [6.45, 7) is 0.373. The average molecular weight is 328 g/mol. The van der Waals surface area contributed by atoms with E-state index in [0.29, 0.717) is 17.5 Å². The fraction of sp³-hybridized carbons (Fsp3) is 0.778. The summed E-state index contributed by atoms with van der Waals surface area (Å²) >= 11 is 2.07. The summed E-state index contributed by atoms with van der Waals surface area (Å²) in [4.78, 5) is 23.4. The highest BCUT2D eigenvalue weighted by molar-refractivity contribution is 14.1. The van der Waals surface area contributed by atoms with E-state index in [0.717, 1.165) is 0 Å². The molecule has 0 aromatic heterocycles. The van der Waals surface area contributed by atoms with Crippen LogP contribution in [0.3, 0.4) is 0 Å². The lowest BCUT2D eigenvalue weighted by molar-refractivity contribution is -0.172. The molecule has 0 unspecified atom stereocenters.